The lowest BCUT2D eigenvalue weighted by Gasteiger charge is -2.37. The third-order valence-corrected chi connectivity index (χ3v) is 7.99. The summed E-state index contributed by atoms with van der Waals surface area (Å²) in [5, 5.41) is 2.89. The van der Waals surface area contributed by atoms with Gasteiger partial charge in [0.25, 0.3) is 0 Å². The molecule has 1 aliphatic carbocycles. The fourth-order valence-corrected chi connectivity index (χ4v) is 6.11. The quantitative estimate of drug-likeness (QED) is 0.630. The molecule has 2 heterocycles. The Balaban J connectivity index is 1.26. The van der Waals surface area contributed by atoms with E-state index in [1.807, 2.05) is 24.3 Å². The molecule has 2 aliphatic rings. The number of amides is 1. The van der Waals surface area contributed by atoms with Crippen LogP contribution in [0.15, 0.2) is 61.1 Å². The second-order valence-corrected chi connectivity index (χ2v) is 10.9. The van der Waals surface area contributed by atoms with E-state index in [9.17, 15) is 17.6 Å². The van der Waals surface area contributed by atoms with Crippen LogP contribution in [-0.4, -0.2) is 36.7 Å². The van der Waals surface area contributed by atoms with Gasteiger partial charge in [0.1, 0.15) is 12.1 Å². The zero-order chi connectivity index (χ0) is 23.2. The predicted octanol–water partition coefficient (Wildman–Crippen LogP) is 3.86. The van der Waals surface area contributed by atoms with Gasteiger partial charge >= 0.3 is 0 Å². The molecule has 2 aromatic carbocycles. The Morgan fingerprint density at radius 3 is 2.52 bits per heavy atom. The SMILES string of the molecule is CS(=O)(=O)N1C[C@]2(CC[C@@H](C(=O)Nc3cn(-c4ccc(F)cc4)cn3)CC2)c2ccccc21. The minimum Gasteiger partial charge on any atom is -0.309 e. The van der Waals surface area contributed by atoms with Crippen LogP contribution in [0.3, 0.4) is 0 Å². The first-order valence-corrected chi connectivity index (χ1v) is 12.8. The largest absolute Gasteiger partial charge is 0.309 e. The van der Waals surface area contributed by atoms with E-state index in [4.69, 9.17) is 0 Å². The molecule has 0 atom stereocenters. The Morgan fingerprint density at radius 1 is 1.12 bits per heavy atom. The highest BCUT2D eigenvalue weighted by molar-refractivity contribution is 7.92. The fraction of sp³-hybridized carbons (Fsp3) is 0.333. The summed E-state index contributed by atoms with van der Waals surface area (Å²) in [6.07, 6.45) is 7.37. The van der Waals surface area contributed by atoms with Gasteiger partial charge < -0.3 is 9.88 Å². The lowest BCUT2D eigenvalue weighted by Crippen LogP contribution is -2.40. The maximum Gasteiger partial charge on any atom is 0.232 e. The number of nitrogens with zero attached hydrogens (tertiary/aromatic N) is 3. The van der Waals surface area contributed by atoms with Gasteiger partial charge in [0, 0.05) is 23.6 Å². The second-order valence-electron chi connectivity index (χ2n) is 8.97. The Morgan fingerprint density at radius 2 is 1.82 bits per heavy atom. The molecule has 1 saturated carbocycles. The van der Waals surface area contributed by atoms with Crippen molar-refractivity contribution in [3.8, 4) is 5.69 Å². The van der Waals surface area contributed by atoms with Crippen molar-refractivity contribution >= 4 is 27.4 Å². The number of carbonyl (C=O) groups is 1. The highest BCUT2D eigenvalue weighted by Crippen LogP contribution is 2.51. The first kappa shape index (κ1) is 21.6. The van der Waals surface area contributed by atoms with Crippen molar-refractivity contribution in [3.63, 3.8) is 0 Å². The van der Waals surface area contributed by atoms with Crippen molar-refractivity contribution in [2.75, 3.05) is 22.4 Å². The van der Waals surface area contributed by atoms with Crippen LogP contribution >= 0.6 is 0 Å². The Bertz CT molecular complexity index is 1300. The molecular formula is C24H25FN4O3S. The number of rotatable bonds is 4. The number of sulfonamides is 1. The summed E-state index contributed by atoms with van der Waals surface area (Å²) >= 11 is 0. The third-order valence-electron chi connectivity index (χ3n) is 6.86. The molecule has 1 aliphatic heterocycles. The van der Waals surface area contributed by atoms with Crippen LogP contribution in [0.5, 0.6) is 0 Å². The molecule has 1 fully saturated rings. The average molecular weight is 469 g/mol. The highest BCUT2D eigenvalue weighted by atomic mass is 32.2. The normalized spacial score (nSPS) is 22.4. The summed E-state index contributed by atoms with van der Waals surface area (Å²) in [6.45, 7) is 0.432. The molecule has 1 spiro atoms. The molecular weight excluding hydrogens is 443 g/mol. The van der Waals surface area contributed by atoms with Gasteiger partial charge in [-0.2, -0.15) is 0 Å². The number of para-hydroxylation sites is 1. The minimum absolute atomic E-state index is 0.0829. The van der Waals surface area contributed by atoms with Crippen LogP contribution < -0.4 is 9.62 Å². The molecule has 0 saturated heterocycles. The van der Waals surface area contributed by atoms with Gasteiger partial charge in [-0.25, -0.2) is 17.8 Å². The number of hydrogen-bond acceptors (Lipinski definition) is 4. The van der Waals surface area contributed by atoms with Gasteiger partial charge in [-0.1, -0.05) is 18.2 Å². The first-order valence-electron chi connectivity index (χ1n) is 10.9. The van der Waals surface area contributed by atoms with E-state index < -0.39 is 10.0 Å². The number of carbonyl (C=O) groups excluding carboxylic acids is 1. The zero-order valence-corrected chi connectivity index (χ0v) is 19.1. The molecule has 3 aromatic rings. The van der Waals surface area contributed by atoms with Crippen LogP contribution in [0.1, 0.15) is 31.2 Å². The van der Waals surface area contributed by atoms with E-state index in [0.717, 1.165) is 29.8 Å². The number of halogens is 1. The van der Waals surface area contributed by atoms with Crippen molar-refractivity contribution in [2.45, 2.75) is 31.1 Å². The van der Waals surface area contributed by atoms with Gasteiger partial charge in [-0.15, -0.1) is 0 Å². The Hall–Kier alpha value is -3.20. The smallest absolute Gasteiger partial charge is 0.232 e. The van der Waals surface area contributed by atoms with Crippen molar-refractivity contribution in [1.29, 1.82) is 0 Å². The van der Waals surface area contributed by atoms with Gasteiger partial charge in [-0.3, -0.25) is 9.10 Å². The monoisotopic (exact) mass is 468 g/mol. The molecule has 0 bridgehead atoms. The molecule has 172 valence electrons. The number of fused-ring (bicyclic) bond motifs is 2. The fourth-order valence-electron chi connectivity index (χ4n) is 5.11. The second kappa shape index (κ2) is 7.98. The lowest BCUT2D eigenvalue weighted by molar-refractivity contribution is -0.121. The molecule has 0 radical (unpaired) electrons. The summed E-state index contributed by atoms with van der Waals surface area (Å²) in [6, 6.07) is 13.7. The summed E-state index contributed by atoms with van der Waals surface area (Å²) in [4.78, 5) is 17.2. The molecule has 0 unspecified atom stereocenters. The summed E-state index contributed by atoms with van der Waals surface area (Å²) in [5.74, 6) is -0.113. The first-order chi connectivity index (χ1) is 15.7. The molecule has 33 heavy (non-hydrogen) atoms. The van der Waals surface area contributed by atoms with E-state index >= 15 is 0 Å². The lowest BCUT2D eigenvalue weighted by atomic mass is 9.67. The van der Waals surface area contributed by atoms with E-state index in [1.54, 1.807) is 29.2 Å². The van der Waals surface area contributed by atoms with Gasteiger partial charge in [0.05, 0.1) is 18.1 Å². The van der Waals surface area contributed by atoms with Crippen LogP contribution in [0.25, 0.3) is 5.69 Å². The highest BCUT2D eigenvalue weighted by Gasteiger charge is 2.47. The molecule has 9 heteroatoms. The van der Waals surface area contributed by atoms with Crippen LogP contribution in [0.2, 0.25) is 0 Å². The molecule has 7 nitrogen and oxygen atoms in total. The van der Waals surface area contributed by atoms with E-state index in [0.29, 0.717) is 25.2 Å². The number of hydrogen-bond donors (Lipinski definition) is 1. The number of nitrogens with one attached hydrogen (secondary N) is 1. The van der Waals surface area contributed by atoms with Gasteiger partial charge in [0.15, 0.2) is 5.82 Å². The maximum atomic E-state index is 13.1. The maximum absolute atomic E-state index is 13.1. The van der Waals surface area contributed by atoms with Crippen LogP contribution in [-0.2, 0) is 20.2 Å². The number of aromatic nitrogens is 2. The van der Waals surface area contributed by atoms with E-state index in [-0.39, 0.29) is 23.1 Å². The zero-order valence-electron chi connectivity index (χ0n) is 18.2. The number of benzene rings is 2. The summed E-state index contributed by atoms with van der Waals surface area (Å²) in [7, 11) is -3.36. The van der Waals surface area contributed by atoms with Crippen molar-refractivity contribution in [2.24, 2.45) is 5.92 Å². The van der Waals surface area contributed by atoms with Crippen molar-refractivity contribution in [3.05, 3.63) is 72.4 Å². The van der Waals surface area contributed by atoms with Crippen molar-refractivity contribution < 1.29 is 17.6 Å². The van der Waals surface area contributed by atoms with Gasteiger partial charge in [-0.05, 0) is 61.6 Å². The number of anilines is 2. The third kappa shape index (κ3) is 4.01. The average Bonchev–Trinajstić information content (AvgIpc) is 3.38. The Kier molecular flexibility index (Phi) is 5.23. The Labute approximate surface area is 192 Å². The topological polar surface area (TPSA) is 84.3 Å². The summed E-state index contributed by atoms with van der Waals surface area (Å²) in [5.41, 5.74) is 2.32. The molecule has 5 rings (SSSR count). The molecule has 1 N–H and O–H groups in total. The summed E-state index contributed by atoms with van der Waals surface area (Å²) < 4.78 is 41.1. The van der Waals surface area contributed by atoms with Crippen LogP contribution in [0, 0.1) is 11.7 Å². The predicted molar refractivity (Wildman–Crippen MR) is 124 cm³/mol. The minimum atomic E-state index is -3.36. The molecule has 1 aromatic heterocycles. The van der Waals surface area contributed by atoms with E-state index in [2.05, 4.69) is 10.3 Å². The van der Waals surface area contributed by atoms with Gasteiger partial charge in [0.2, 0.25) is 15.9 Å². The van der Waals surface area contributed by atoms with E-state index in [1.165, 1.54) is 22.7 Å². The van der Waals surface area contributed by atoms with Crippen LogP contribution in [0.4, 0.5) is 15.9 Å². The number of imidazole rings is 1. The molecule has 1 amide bonds. The standard InChI is InChI=1S/C24H25FN4O3S/c1-33(31,32)29-15-24(20-4-2-3-5-21(20)29)12-10-17(11-13-24)23(30)27-22-14-28(16-26-22)19-8-6-18(25)7-9-19/h2-9,14,16-17H,10-13,15H2,1H3,(H,27,30)/t17-,24-. The van der Waals surface area contributed by atoms with Crippen molar-refractivity contribution in [1.82, 2.24) is 9.55 Å².